The van der Waals surface area contributed by atoms with E-state index in [1.165, 1.54) is 0 Å². The third kappa shape index (κ3) is 3.05. The number of aromatic amines is 1. The molecule has 0 aliphatic carbocycles. The number of carbonyl (C=O) groups excluding carboxylic acids is 1. The average Bonchev–Trinajstić information content (AvgIpc) is 2.71. The summed E-state index contributed by atoms with van der Waals surface area (Å²) in [4.78, 5) is 37.4. The highest BCUT2D eigenvalue weighted by Crippen LogP contribution is 2.12. The monoisotopic (exact) mass is 298 g/mol. The number of hydrogen-bond acceptors (Lipinski definition) is 4. The van der Waals surface area contributed by atoms with Gasteiger partial charge in [0.2, 0.25) is 5.91 Å². The minimum atomic E-state index is -0.0796. The summed E-state index contributed by atoms with van der Waals surface area (Å²) in [5.74, 6) is 0.688. The number of aromatic nitrogens is 3. The van der Waals surface area contributed by atoms with E-state index in [0.29, 0.717) is 43.7 Å². The van der Waals surface area contributed by atoms with Crippen molar-refractivity contribution >= 4 is 5.91 Å². The zero-order valence-corrected chi connectivity index (χ0v) is 12.5. The first-order valence-electron chi connectivity index (χ1n) is 7.39. The SMILES string of the molecule is Cc1nc2c(c(=O)[nH]1)CCN(C(=O)Cc1cccnc1)CC2. The van der Waals surface area contributed by atoms with Crippen LogP contribution in [0.2, 0.25) is 0 Å². The van der Waals surface area contributed by atoms with E-state index in [-0.39, 0.29) is 11.5 Å². The Kier molecular flexibility index (Phi) is 4.00. The van der Waals surface area contributed by atoms with Crippen LogP contribution in [0.3, 0.4) is 0 Å². The number of fused-ring (bicyclic) bond motifs is 1. The molecule has 2 aromatic heterocycles. The van der Waals surface area contributed by atoms with E-state index in [9.17, 15) is 9.59 Å². The molecule has 3 rings (SSSR count). The summed E-state index contributed by atoms with van der Waals surface area (Å²) in [5.41, 5.74) is 2.35. The summed E-state index contributed by atoms with van der Waals surface area (Å²) in [5, 5.41) is 0. The van der Waals surface area contributed by atoms with E-state index in [0.717, 1.165) is 11.3 Å². The van der Waals surface area contributed by atoms with E-state index >= 15 is 0 Å². The van der Waals surface area contributed by atoms with Gasteiger partial charge in [0.1, 0.15) is 5.82 Å². The van der Waals surface area contributed by atoms with Crippen molar-refractivity contribution in [2.45, 2.75) is 26.2 Å². The number of nitrogens with one attached hydrogen (secondary N) is 1. The molecule has 114 valence electrons. The molecule has 0 bridgehead atoms. The van der Waals surface area contributed by atoms with Crippen LogP contribution in [-0.4, -0.2) is 38.8 Å². The highest BCUT2D eigenvalue weighted by molar-refractivity contribution is 5.78. The fourth-order valence-corrected chi connectivity index (χ4v) is 2.77. The molecule has 0 saturated heterocycles. The van der Waals surface area contributed by atoms with E-state index in [2.05, 4.69) is 15.0 Å². The lowest BCUT2D eigenvalue weighted by molar-refractivity contribution is -0.130. The Morgan fingerprint density at radius 3 is 2.95 bits per heavy atom. The fourth-order valence-electron chi connectivity index (χ4n) is 2.77. The Hall–Kier alpha value is -2.50. The van der Waals surface area contributed by atoms with Crippen LogP contribution in [0.1, 0.15) is 22.6 Å². The van der Waals surface area contributed by atoms with Gasteiger partial charge < -0.3 is 9.88 Å². The van der Waals surface area contributed by atoms with Gasteiger partial charge in [-0.3, -0.25) is 14.6 Å². The largest absolute Gasteiger partial charge is 0.342 e. The highest BCUT2D eigenvalue weighted by atomic mass is 16.2. The molecule has 0 radical (unpaired) electrons. The van der Waals surface area contributed by atoms with Crippen molar-refractivity contribution in [3.8, 4) is 0 Å². The van der Waals surface area contributed by atoms with Gasteiger partial charge in [0.25, 0.3) is 5.56 Å². The fraction of sp³-hybridized carbons (Fsp3) is 0.375. The second-order valence-corrected chi connectivity index (χ2v) is 5.50. The first-order valence-corrected chi connectivity index (χ1v) is 7.39. The maximum absolute atomic E-state index is 12.4. The average molecular weight is 298 g/mol. The summed E-state index contributed by atoms with van der Waals surface area (Å²) in [6.07, 6.45) is 4.92. The predicted molar refractivity (Wildman–Crippen MR) is 81.5 cm³/mol. The standard InChI is InChI=1S/C16H18N4O2/c1-11-18-14-5-8-20(7-4-13(14)16(22)19-11)15(21)9-12-3-2-6-17-10-12/h2-3,6,10H,4-5,7-9H2,1H3,(H,18,19,22). The number of carbonyl (C=O) groups is 1. The first-order chi connectivity index (χ1) is 10.6. The van der Waals surface area contributed by atoms with Gasteiger partial charge in [-0.05, 0) is 25.0 Å². The van der Waals surface area contributed by atoms with Crippen LogP contribution in [0.5, 0.6) is 0 Å². The van der Waals surface area contributed by atoms with Crippen LogP contribution in [0, 0.1) is 6.92 Å². The number of amides is 1. The van der Waals surface area contributed by atoms with Crippen LogP contribution in [0.4, 0.5) is 0 Å². The Bertz CT molecular complexity index is 740. The van der Waals surface area contributed by atoms with Gasteiger partial charge in [0.15, 0.2) is 0 Å². The van der Waals surface area contributed by atoms with Gasteiger partial charge >= 0.3 is 0 Å². The molecule has 0 unspecified atom stereocenters. The molecule has 0 spiro atoms. The molecule has 0 saturated carbocycles. The van der Waals surface area contributed by atoms with Gasteiger partial charge in [-0.1, -0.05) is 6.07 Å². The van der Waals surface area contributed by atoms with Gasteiger partial charge in [0, 0.05) is 37.5 Å². The Morgan fingerprint density at radius 2 is 2.18 bits per heavy atom. The van der Waals surface area contributed by atoms with Crippen LogP contribution < -0.4 is 5.56 Å². The van der Waals surface area contributed by atoms with Crippen LogP contribution in [0.15, 0.2) is 29.3 Å². The third-order valence-corrected chi connectivity index (χ3v) is 3.90. The van der Waals surface area contributed by atoms with Crippen LogP contribution in [-0.2, 0) is 24.1 Å². The second-order valence-electron chi connectivity index (χ2n) is 5.50. The van der Waals surface area contributed by atoms with Crippen LogP contribution in [0.25, 0.3) is 0 Å². The molecular formula is C16H18N4O2. The van der Waals surface area contributed by atoms with Crippen molar-refractivity contribution in [1.82, 2.24) is 19.9 Å². The molecule has 3 heterocycles. The molecule has 1 amide bonds. The van der Waals surface area contributed by atoms with Gasteiger partial charge in [0.05, 0.1) is 12.1 Å². The van der Waals surface area contributed by atoms with Gasteiger partial charge in [-0.15, -0.1) is 0 Å². The smallest absolute Gasteiger partial charge is 0.254 e. The zero-order valence-electron chi connectivity index (χ0n) is 12.5. The third-order valence-electron chi connectivity index (χ3n) is 3.90. The van der Waals surface area contributed by atoms with E-state index < -0.39 is 0 Å². The second kappa shape index (κ2) is 6.09. The Labute approximate surface area is 128 Å². The topological polar surface area (TPSA) is 79.0 Å². The molecule has 0 fully saturated rings. The van der Waals surface area contributed by atoms with E-state index in [1.54, 1.807) is 19.3 Å². The van der Waals surface area contributed by atoms with Crippen molar-refractivity contribution in [2.75, 3.05) is 13.1 Å². The zero-order chi connectivity index (χ0) is 15.5. The van der Waals surface area contributed by atoms with E-state index in [4.69, 9.17) is 0 Å². The van der Waals surface area contributed by atoms with Gasteiger partial charge in [-0.25, -0.2) is 4.98 Å². The van der Waals surface area contributed by atoms with Crippen molar-refractivity contribution in [3.05, 3.63) is 57.5 Å². The number of pyridine rings is 1. The molecule has 1 N–H and O–H groups in total. The molecule has 2 aromatic rings. The summed E-state index contributed by atoms with van der Waals surface area (Å²) < 4.78 is 0. The lowest BCUT2D eigenvalue weighted by Crippen LogP contribution is -2.34. The highest BCUT2D eigenvalue weighted by Gasteiger charge is 2.21. The summed E-state index contributed by atoms with van der Waals surface area (Å²) in [6.45, 7) is 2.93. The number of aryl methyl sites for hydroxylation is 1. The molecule has 0 atom stereocenters. The molecule has 1 aliphatic rings. The molecule has 6 nitrogen and oxygen atoms in total. The summed E-state index contributed by atoms with van der Waals surface area (Å²) >= 11 is 0. The maximum Gasteiger partial charge on any atom is 0.254 e. The first kappa shape index (κ1) is 14.4. The van der Waals surface area contributed by atoms with Crippen molar-refractivity contribution in [2.24, 2.45) is 0 Å². The summed E-state index contributed by atoms with van der Waals surface area (Å²) in [7, 11) is 0. The molecule has 1 aliphatic heterocycles. The Balaban J connectivity index is 1.73. The molecule has 22 heavy (non-hydrogen) atoms. The Morgan fingerprint density at radius 1 is 1.36 bits per heavy atom. The lowest BCUT2D eigenvalue weighted by Gasteiger charge is -2.20. The molecule has 0 aromatic carbocycles. The maximum atomic E-state index is 12.4. The number of nitrogens with zero attached hydrogens (tertiary/aromatic N) is 3. The normalized spacial score (nSPS) is 14.3. The molecule has 6 heteroatoms. The van der Waals surface area contributed by atoms with Gasteiger partial charge in [-0.2, -0.15) is 0 Å². The van der Waals surface area contributed by atoms with Crippen molar-refractivity contribution in [1.29, 1.82) is 0 Å². The minimum Gasteiger partial charge on any atom is -0.342 e. The molecular weight excluding hydrogens is 280 g/mol. The lowest BCUT2D eigenvalue weighted by atomic mass is 10.1. The predicted octanol–water partition coefficient (Wildman–Crippen LogP) is 0.643. The number of rotatable bonds is 2. The number of H-pyrrole nitrogens is 1. The summed E-state index contributed by atoms with van der Waals surface area (Å²) in [6, 6.07) is 3.72. The van der Waals surface area contributed by atoms with Crippen molar-refractivity contribution < 1.29 is 4.79 Å². The number of hydrogen-bond donors (Lipinski definition) is 1. The minimum absolute atomic E-state index is 0.0638. The quantitative estimate of drug-likeness (QED) is 0.882. The van der Waals surface area contributed by atoms with Crippen molar-refractivity contribution in [3.63, 3.8) is 0 Å². The van der Waals surface area contributed by atoms with E-state index in [1.807, 2.05) is 17.0 Å². The van der Waals surface area contributed by atoms with Crippen LogP contribution >= 0.6 is 0 Å².